The largest absolute Gasteiger partial charge is 0.378 e. The van der Waals surface area contributed by atoms with Crippen LogP contribution in [0.25, 0.3) is 21.8 Å². The molecule has 8 nitrogen and oxygen atoms in total. The summed E-state index contributed by atoms with van der Waals surface area (Å²) in [4.78, 5) is 4.14. The third-order valence-corrected chi connectivity index (χ3v) is 10.4. The summed E-state index contributed by atoms with van der Waals surface area (Å²) in [6.07, 6.45) is 4.29. The number of rotatable bonds is 13. The van der Waals surface area contributed by atoms with E-state index < -0.39 is 0 Å². The first-order chi connectivity index (χ1) is 23.5. The molecule has 48 heavy (non-hydrogen) atoms. The molecule has 2 heterocycles. The van der Waals surface area contributed by atoms with Crippen LogP contribution in [0.2, 0.25) is 0 Å². The molecule has 10 heteroatoms. The molecule has 0 spiro atoms. The van der Waals surface area contributed by atoms with Gasteiger partial charge in [-0.3, -0.25) is 0 Å². The zero-order valence-electron chi connectivity index (χ0n) is 27.8. The van der Waals surface area contributed by atoms with E-state index in [1.54, 1.807) is 0 Å². The van der Waals surface area contributed by atoms with Gasteiger partial charge in [-0.1, -0.05) is 33.7 Å². The summed E-state index contributed by atoms with van der Waals surface area (Å²) in [5.41, 5.74) is 8.01. The predicted molar refractivity (Wildman–Crippen MR) is 203 cm³/mol. The van der Waals surface area contributed by atoms with Crippen LogP contribution < -0.4 is 18.9 Å². The smallest absolute Gasteiger partial charge is 0.214 e. The van der Waals surface area contributed by atoms with Gasteiger partial charge in [0.1, 0.15) is 0 Å². The number of aromatic nitrogens is 2. The van der Waals surface area contributed by atoms with Crippen molar-refractivity contribution in [1.29, 1.82) is 0 Å². The number of hydrogen-bond donors (Lipinski definition) is 0. The Morgan fingerprint density at radius 1 is 0.479 bits per heavy atom. The Labute approximate surface area is 290 Å². The first-order valence-electron chi connectivity index (χ1n) is 15.9. The first kappa shape index (κ1) is 33.1. The van der Waals surface area contributed by atoms with E-state index in [2.05, 4.69) is 125 Å². The Morgan fingerprint density at radius 2 is 0.896 bits per heavy atom. The number of benzene rings is 4. The minimum Gasteiger partial charge on any atom is -0.378 e. The summed E-state index contributed by atoms with van der Waals surface area (Å²) >= 11 is 0. The molecular weight excluding hydrogens is 633 g/mol. The highest BCUT2D eigenvalue weighted by Crippen LogP contribution is 2.29. The lowest BCUT2D eigenvalue weighted by molar-refractivity contribution is -0.666. The van der Waals surface area contributed by atoms with Gasteiger partial charge in [0.25, 0.3) is 0 Å². The summed E-state index contributed by atoms with van der Waals surface area (Å²) in [6.45, 7) is 1.82. The van der Waals surface area contributed by atoms with Crippen LogP contribution in [-0.4, -0.2) is 39.7 Å². The second-order valence-electron chi connectivity index (χ2n) is 11.7. The zero-order valence-corrected chi connectivity index (χ0v) is 29.4. The molecule has 0 saturated heterocycles. The van der Waals surface area contributed by atoms with Crippen molar-refractivity contribution < 1.29 is 9.13 Å². The standard InChI is InChI=1S/C38H40N8S2/c1-43(2)31-19-15-29(16-20-31)39-41-35-11-5-13-37-33(35)9-7-23-45(37)25-27-47-48-28-26-46-24-8-10-34-36(12-6-14-38(34)46)42-40-30-17-21-32(22-18-30)44(3)4/h5-24H,25-28H2,1-4H3/q+2. The van der Waals surface area contributed by atoms with E-state index in [0.717, 1.165) is 80.5 Å². The van der Waals surface area contributed by atoms with E-state index in [4.69, 9.17) is 0 Å². The number of fused-ring (bicyclic) bond motifs is 2. The molecule has 0 saturated carbocycles. The maximum absolute atomic E-state index is 4.60. The average molecular weight is 673 g/mol. The molecular formula is C38H40N8S2+2. The van der Waals surface area contributed by atoms with Gasteiger partial charge in [0.05, 0.1) is 45.0 Å². The molecule has 0 aliphatic heterocycles. The minimum absolute atomic E-state index is 0.837. The molecule has 0 amide bonds. The number of anilines is 2. The molecule has 0 atom stereocenters. The number of azo groups is 2. The highest BCUT2D eigenvalue weighted by Gasteiger charge is 2.13. The molecule has 2 aromatic heterocycles. The predicted octanol–water partition coefficient (Wildman–Crippen LogP) is 9.61. The lowest BCUT2D eigenvalue weighted by Gasteiger charge is -2.11. The van der Waals surface area contributed by atoms with Crippen LogP contribution in [0.3, 0.4) is 0 Å². The van der Waals surface area contributed by atoms with Crippen LogP contribution >= 0.6 is 21.6 Å². The number of nitrogens with zero attached hydrogens (tertiary/aromatic N) is 8. The SMILES string of the molecule is CN(C)c1ccc(/N=N/c2cccc3c2ccc[n+]3CCSSCC[n+]2cccc3c(/N=N/c4ccc(N(C)C)cc4)cccc32)cc1. The zero-order chi connectivity index (χ0) is 33.3. The van der Waals surface area contributed by atoms with Crippen molar-refractivity contribution in [1.82, 2.24) is 0 Å². The maximum atomic E-state index is 4.60. The number of aryl methyl sites for hydroxylation is 2. The molecule has 0 fully saturated rings. The van der Waals surface area contributed by atoms with Crippen LogP contribution in [-0.2, 0) is 13.1 Å². The maximum Gasteiger partial charge on any atom is 0.214 e. The van der Waals surface area contributed by atoms with Crippen LogP contribution in [0.1, 0.15) is 0 Å². The van der Waals surface area contributed by atoms with E-state index in [1.807, 2.05) is 86.2 Å². The Balaban J connectivity index is 1.04. The summed E-state index contributed by atoms with van der Waals surface area (Å²) in [6, 6.07) is 37.1. The van der Waals surface area contributed by atoms with E-state index in [9.17, 15) is 0 Å². The third kappa shape index (κ3) is 8.18. The highest BCUT2D eigenvalue weighted by atomic mass is 33.1. The summed E-state index contributed by atoms with van der Waals surface area (Å²) in [5, 5.41) is 20.4. The van der Waals surface area contributed by atoms with Crippen LogP contribution in [0.15, 0.2) is 142 Å². The molecule has 0 unspecified atom stereocenters. The van der Waals surface area contributed by atoms with E-state index in [1.165, 1.54) is 0 Å². The minimum atomic E-state index is 0.837. The fourth-order valence-corrected chi connectivity index (χ4v) is 7.32. The molecule has 0 bridgehead atoms. The fourth-order valence-electron chi connectivity index (χ4n) is 5.38. The van der Waals surface area contributed by atoms with Gasteiger partial charge in [0.2, 0.25) is 11.0 Å². The third-order valence-electron chi connectivity index (χ3n) is 7.99. The topological polar surface area (TPSA) is 63.7 Å². The molecule has 0 N–H and O–H groups in total. The molecule has 0 aliphatic carbocycles. The highest BCUT2D eigenvalue weighted by molar-refractivity contribution is 8.76. The Kier molecular flexibility index (Phi) is 10.9. The Morgan fingerprint density at radius 3 is 1.29 bits per heavy atom. The molecule has 0 radical (unpaired) electrons. The second-order valence-corrected chi connectivity index (χ2v) is 14.4. The van der Waals surface area contributed by atoms with E-state index in [0.29, 0.717) is 0 Å². The van der Waals surface area contributed by atoms with Crippen LogP contribution in [0, 0.1) is 0 Å². The van der Waals surface area contributed by atoms with Crippen molar-refractivity contribution in [3.63, 3.8) is 0 Å². The van der Waals surface area contributed by atoms with Crippen LogP contribution in [0.4, 0.5) is 34.1 Å². The monoisotopic (exact) mass is 672 g/mol. The molecule has 0 aliphatic rings. The van der Waals surface area contributed by atoms with E-state index in [-0.39, 0.29) is 0 Å². The first-order valence-corrected chi connectivity index (χ1v) is 18.4. The quantitative estimate of drug-likeness (QED) is 0.0531. The van der Waals surface area contributed by atoms with Crippen molar-refractivity contribution in [3.8, 4) is 0 Å². The van der Waals surface area contributed by atoms with Gasteiger partial charge < -0.3 is 9.80 Å². The van der Waals surface area contributed by atoms with Crippen molar-refractivity contribution in [2.24, 2.45) is 20.5 Å². The molecule has 6 rings (SSSR count). The van der Waals surface area contributed by atoms with Crippen molar-refractivity contribution in [2.75, 3.05) is 49.5 Å². The number of pyridine rings is 2. The average Bonchev–Trinajstić information content (AvgIpc) is 3.11. The Bertz CT molecular complexity index is 1890. The summed E-state index contributed by atoms with van der Waals surface area (Å²) in [5.74, 6) is 2.00. The molecule has 4 aromatic carbocycles. The summed E-state index contributed by atoms with van der Waals surface area (Å²) in [7, 11) is 11.9. The van der Waals surface area contributed by atoms with Crippen LogP contribution in [0.5, 0.6) is 0 Å². The molecule has 6 aromatic rings. The number of hydrogen-bond acceptors (Lipinski definition) is 8. The van der Waals surface area contributed by atoms with Gasteiger partial charge in [-0.25, -0.2) is 0 Å². The van der Waals surface area contributed by atoms with Crippen molar-refractivity contribution in [3.05, 3.63) is 122 Å². The van der Waals surface area contributed by atoms with Gasteiger partial charge in [0, 0.05) is 63.8 Å². The van der Waals surface area contributed by atoms with Crippen molar-refractivity contribution in [2.45, 2.75) is 13.1 Å². The lowest BCUT2D eigenvalue weighted by atomic mass is 10.2. The fraction of sp³-hybridized carbons (Fsp3) is 0.211. The summed E-state index contributed by atoms with van der Waals surface area (Å²) < 4.78 is 4.61. The van der Waals surface area contributed by atoms with Gasteiger partial charge in [-0.2, -0.15) is 19.4 Å². The molecule has 242 valence electrons. The Hall–Kier alpha value is -4.80. The normalized spacial score (nSPS) is 11.7. The van der Waals surface area contributed by atoms with E-state index >= 15 is 0 Å². The lowest BCUT2D eigenvalue weighted by Crippen LogP contribution is -2.35. The van der Waals surface area contributed by atoms with Gasteiger partial charge in [-0.05, 0) is 72.8 Å². The van der Waals surface area contributed by atoms with Crippen molar-refractivity contribution >= 4 is 77.5 Å². The van der Waals surface area contributed by atoms with Gasteiger partial charge >= 0.3 is 0 Å². The second kappa shape index (κ2) is 15.9. The van der Waals surface area contributed by atoms with Gasteiger partial charge in [0.15, 0.2) is 25.5 Å². The van der Waals surface area contributed by atoms with Gasteiger partial charge in [-0.15, -0.1) is 10.2 Å².